The summed E-state index contributed by atoms with van der Waals surface area (Å²) in [4.78, 5) is 29.3. The van der Waals surface area contributed by atoms with Gasteiger partial charge in [0.1, 0.15) is 17.5 Å². The summed E-state index contributed by atoms with van der Waals surface area (Å²) < 4.78 is 1.79. The van der Waals surface area contributed by atoms with Crippen LogP contribution in [0.3, 0.4) is 0 Å². The van der Waals surface area contributed by atoms with Crippen molar-refractivity contribution in [2.75, 3.05) is 12.4 Å². The first-order chi connectivity index (χ1) is 12.6. The van der Waals surface area contributed by atoms with Gasteiger partial charge in [0.05, 0.1) is 10.4 Å². The molecule has 0 spiro atoms. The molecule has 0 saturated carbocycles. The highest BCUT2D eigenvalue weighted by molar-refractivity contribution is 6.07. The van der Waals surface area contributed by atoms with E-state index < -0.39 is 0 Å². The first-order valence-corrected chi connectivity index (χ1v) is 8.04. The van der Waals surface area contributed by atoms with Gasteiger partial charge >= 0.3 is 5.69 Å². The molecular weight excluding hydrogens is 332 g/mol. The molecule has 0 saturated heterocycles. The fourth-order valence-corrected chi connectivity index (χ4v) is 2.90. The molecule has 130 valence electrons. The Morgan fingerprint density at radius 1 is 1.27 bits per heavy atom. The van der Waals surface area contributed by atoms with Crippen molar-refractivity contribution >= 4 is 28.3 Å². The summed E-state index contributed by atoms with van der Waals surface area (Å²) in [7, 11) is 1.28. The van der Waals surface area contributed by atoms with Gasteiger partial charge in [0, 0.05) is 29.6 Å². The molecule has 1 aromatic heterocycles. The van der Waals surface area contributed by atoms with E-state index in [0.717, 1.165) is 0 Å². The fraction of sp³-hybridized carbons (Fsp3) is 0.158. The Morgan fingerprint density at radius 3 is 2.62 bits per heavy atom. The second-order valence-corrected chi connectivity index (χ2v) is 5.54. The van der Waals surface area contributed by atoms with E-state index in [2.05, 4.69) is 16.2 Å². The van der Waals surface area contributed by atoms with Gasteiger partial charge < -0.3 is 9.88 Å². The number of rotatable bonds is 5. The lowest BCUT2D eigenvalue weighted by Crippen LogP contribution is -2.15. The van der Waals surface area contributed by atoms with Gasteiger partial charge in [0.15, 0.2) is 7.11 Å². The van der Waals surface area contributed by atoms with Gasteiger partial charge in [-0.15, -0.1) is 0 Å². The van der Waals surface area contributed by atoms with Crippen molar-refractivity contribution in [1.82, 2.24) is 4.57 Å². The zero-order valence-electron chi connectivity index (χ0n) is 14.4. The Morgan fingerprint density at radius 2 is 2.00 bits per heavy atom. The van der Waals surface area contributed by atoms with Gasteiger partial charge in [-0.05, 0) is 25.1 Å². The summed E-state index contributed by atoms with van der Waals surface area (Å²) in [6.45, 7) is 2.41. The standard InChI is InChI=1S/C19H16N4O3/c1-3-22-17-11-14(23(25)26-2)9-10-15(17)16(12-20)18(22)21-19(24)13-7-5-4-6-8-13/h4-11H,3H2,1-2H3/p+1. The van der Waals surface area contributed by atoms with Crippen LogP contribution in [0.25, 0.3) is 10.9 Å². The fourth-order valence-electron chi connectivity index (χ4n) is 2.90. The van der Waals surface area contributed by atoms with E-state index in [-0.39, 0.29) is 5.91 Å². The van der Waals surface area contributed by atoms with Crippen molar-refractivity contribution < 1.29 is 14.6 Å². The minimum absolute atomic E-state index is 0.303. The SMILES string of the molecule is CCn1c(NC(=O)c2ccccc2)c(C#N)c2ccc([N+](=O)OC)cc21. The third-order valence-electron chi connectivity index (χ3n) is 4.12. The molecule has 1 heterocycles. The van der Waals surface area contributed by atoms with Crippen LogP contribution >= 0.6 is 0 Å². The van der Waals surface area contributed by atoms with E-state index >= 15 is 0 Å². The van der Waals surface area contributed by atoms with Crippen LogP contribution in [0.2, 0.25) is 0 Å². The van der Waals surface area contributed by atoms with Crippen molar-refractivity contribution in [3.8, 4) is 6.07 Å². The van der Waals surface area contributed by atoms with Crippen molar-refractivity contribution in [2.45, 2.75) is 13.5 Å². The molecular formula is C19H17N4O3+. The molecule has 1 N–H and O–H groups in total. The third kappa shape index (κ3) is 2.89. The molecule has 2 aromatic carbocycles. The molecule has 0 aliphatic carbocycles. The summed E-state index contributed by atoms with van der Waals surface area (Å²) in [6.07, 6.45) is 0. The van der Waals surface area contributed by atoms with Gasteiger partial charge in [-0.1, -0.05) is 18.2 Å². The van der Waals surface area contributed by atoms with Crippen molar-refractivity contribution in [1.29, 1.82) is 5.26 Å². The number of nitrogens with one attached hydrogen (secondary N) is 1. The minimum atomic E-state index is -0.304. The Labute approximate surface area is 149 Å². The highest BCUT2D eigenvalue weighted by Crippen LogP contribution is 2.32. The van der Waals surface area contributed by atoms with Crippen molar-refractivity contribution in [3.05, 3.63) is 64.6 Å². The molecule has 7 heteroatoms. The van der Waals surface area contributed by atoms with Gasteiger partial charge in [-0.25, -0.2) is 4.84 Å². The van der Waals surface area contributed by atoms with Crippen LogP contribution in [0.1, 0.15) is 22.8 Å². The van der Waals surface area contributed by atoms with Gasteiger partial charge in [-0.3, -0.25) is 4.79 Å². The number of benzene rings is 2. The van der Waals surface area contributed by atoms with Crippen LogP contribution in [0.4, 0.5) is 11.5 Å². The Kier molecular flexibility index (Phi) is 4.67. The number of fused-ring (bicyclic) bond motifs is 1. The molecule has 0 fully saturated rings. The maximum Gasteiger partial charge on any atom is 0.318 e. The minimum Gasteiger partial charge on any atom is -0.326 e. The molecule has 7 nitrogen and oxygen atoms in total. The molecule has 0 aliphatic heterocycles. The lowest BCUT2D eigenvalue weighted by atomic mass is 10.1. The van der Waals surface area contributed by atoms with E-state index in [1.165, 1.54) is 7.11 Å². The number of anilines is 1. The maximum absolute atomic E-state index is 12.5. The average molecular weight is 349 g/mol. The summed E-state index contributed by atoms with van der Waals surface area (Å²) in [5.41, 5.74) is 1.82. The van der Waals surface area contributed by atoms with Crippen LogP contribution in [-0.2, 0) is 11.4 Å². The topological polar surface area (TPSA) is 87.1 Å². The van der Waals surface area contributed by atoms with E-state index in [9.17, 15) is 15.0 Å². The molecule has 0 atom stereocenters. The molecule has 3 rings (SSSR count). The summed E-state index contributed by atoms with van der Waals surface area (Å²) in [6, 6.07) is 15.8. The lowest BCUT2D eigenvalue weighted by molar-refractivity contribution is -0.736. The highest BCUT2D eigenvalue weighted by atomic mass is 16.8. The first-order valence-electron chi connectivity index (χ1n) is 8.04. The molecule has 0 bridgehead atoms. The van der Waals surface area contributed by atoms with E-state index in [1.807, 2.05) is 13.0 Å². The average Bonchev–Trinajstić information content (AvgIpc) is 2.99. The van der Waals surface area contributed by atoms with Gasteiger partial charge in [0.2, 0.25) is 0 Å². The van der Waals surface area contributed by atoms with Crippen LogP contribution in [-0.4, -0.2) is 22.5 Å². The van der Waals surface area contributed by atoms with Gasteiger partial charge in [-0.2, -0.15) is 5.26 Å². The quantitative estimate of drug-likeness (QED) is 0.711. The normalized spacial score (nSPS) is 10.3. The molecule has 0 radical (unpaired) electrons. The smallest absolute Gasteiger partial charge is 0.318 e. The van der Waals surface area contributed by atoms with Crippen LogP contribution in [0.5, 0.6) is 0 Å². The number of hydrogen-bond donors (Lipinski definition) is 1. The Bertz CT molecular complexity index is 1030. The van der Waals surface area contributed by atoms with E-state index in [1.54, 1.807) is 47.0 Å². The lowest BCUT2D eigenvalue weighted by Gasteiger charge is -2.10. The number of amides is 1. The molecule has 26 heavy (non-hydrogen) atoms. The van der Waals surface area contributed by atoms with E-state index in [4.69, 9.17) is 0 Å². The monoisotopic (exact) mass is 349 g/mol. The highest BCUT2D eigenvalue weighted by Gasteiger charge is 2.23. The molecule has 0 aliphatic rings. The zero-order valence-corrected chi connectivity index (χ0v) is 14.4. The number of nitriles is 1. The summed E-state index contributed by atoms with van der Waals surface area (Å²) in [5, 5.41) is 13.1. The van der Waals surface area contributed by atoms with Crippen molar-refractivity contribution in [3.63, 3.8) is 0 Å². The van der Waals surface area contributed by atoms with Crippen molar-refractivity contribution in [2.24, 2.45) is 0 Å². The molecule has 3 aromatic rings. The van der Waals surface area contributed by atoms with Crippen LogP contribution in [0.15, 0.2) is 48.5 Å². The number of aromatic nitrogens is 1. The van der Waals surface area contributed by atoms with Crippen LogP contribution < -0.4 is 5.32 Å². The Hall–Kier alpha value is -3.66. The number of carbonyl (C=O) groups excluding carboxylic acids is 1. The maximum atomic E-state index is 12.5. The van der Waals surface area contributed by atoms with E-state index in [0.29, 0.717) is 45.0 Å². The summed E-state index contributed by atoms with van der Waals surface area (Å²) in [5.74, 6) is 0.105. The number of aryl methyl sites for hydroxylation is 1. The Balaban J connectivity index is 2.13. The predicted molar refractivity (Wildman–Crippen MR) is 97.0 cm³/mol. The number of carbonyl (C=O) groups is 1. The largest absolute Gasteiger partial charge is 0.326 e. The molecule has 0 unspecified atom stereocenters. The third-order valence-corrected chi connectivity index (χ3v) is 4.12. The number of nitrogens with zero attached hydrogens (tertiary/aromatic N) is 3. The van der Waals surface area contributed by atoms with Gasteiger partial charge in [0.25, 0.3) is 10.8 Å². The van der Waals surface area contributed by atoms with Crippen LogP contribution in [0, 0.1) is 16.2 Å². The first kappa shape index (κ1) is 17.2. The number of hydrogen-bond acceptors (Lipinski definition) is 4. The zero-order chi connectivity index (χ0) is 18.7. The second-order valence-electron chi connectivity index (χ2n) is 5.54. The molecule has 1 amide bonds. The second kappa shape index (κ2) is 7.07. The predicted octanol–water partition coefficient (Wildman–Crippen LogP) is 3.76. The summed E-state index contributed by atoms with van der Waals surface area (Å²) >= 11 is 0.